The summed E-state index contributed by atoms with van der Waals surface area (Å²) < 4.78 is 0. The summed E-state index contributed by atoms with van der Waals surface area (Å²) in [5, 5.41) is 0.917. The molecule has 0 spiro atoms. The predicted octanol–water partition coefficient (Wildman–Crippen LogP) is 0.386. The Hall–Kier alpha value is -1.63. The van der Waals surface area contributed by atoms with Crippen LogP contribution in [0.5, 0.6) is 0 Å². The molecular weight excluding hydrogens is 317 g/mol. The van der Waals surface area contributed by atoms with Gasteiger partial charge in [-0.2, -0.15) is 0 Å². The van der Waals surface area contributed by atoms with Crippen molar-refractivity contribution in [3.8, 4) is 0 Å². The Morgan fingerprint density at radius 2 is 1.76 bits per heavy atom. The second-order valence-corrected chi connectivity index (χ2v) is 5.73. The van der Waals surface area contributed by atoms with Gasteiger partial charge in [0.25, 0.3) is 0 Å². The summed E-state index contributed by atoms with van der Waals surface area (Å²) in [5.41, 5.74) is 0.917. The van der Waals surface area contributed by atoms with Gasteiger partial charge in [0.2, 0.25) is 0 Å². The van der Waals surface area contributed by atoms with Crippen LogP contribution >= 0.6 is 23.2 Å². The minimum atomic E-state index is -0.803. The van der Waals surface area contributed by atoms with E-state index in [1.165, 1.54) is 7.05 Å². The summed E-state index contributed by atoms with van der Waals surface area (Å²) in [6.07, 6.45) is 0. The zero-order valence-corrected chi connectivity index (χ0v) is 13.0. The smallest absolute Gasteiger partial charge is 0.316 e. The maximum atomic E-state index is 11.8. The van der Waals surface area contributed by atoms with E-state index in [1.54, 1.807) is 12.1 Å². The molecule has 0 aromatic heterocycles. The van der Waals surface area contributed by atoms with Crippen molar-refractivity contribution in [3.63, 3.8) is 0 Å². The normalized spacial score (nSPS) is 16.9. The molecule has 0 bridgehead atoms. The third-order valence-corrected chi connectivity index (χ3v) is 3.91. The quantitative estimate of drug-likeness (QED) is 0.641. The summed E-state index contributed by atoms with van der Waals surface area (Å²) in [7, 11) is 3.10. The first kappa shape index (κ1) is 15.8. The molecule has 1 N–H and O–H groups in total. The summed E-state index contributed by atoms with van der Waals surface area (Å²) >= 11 is 11.8. The minimum Gasteiger partial charge on any atom is -0.316 e. The van der Waals surface area contributed by atoms with Crippen LogP contribution in [0.4, 0.5) is 4.79 Å². The second-order valence-electron chi connectivity index (χ2n) is 4.92. The van der Waals surface area contributed by atoms with Crippen LogP contribution in [0.15, 0.2) is 18.2 Å². The molecule has 0 radical (unpaired) electrons. The van der Waals surface area contributed by atoms with Gasteiger partial charge in [-0.25, -0.2) is 9.69 Å². The first-order valence-electron chi connectivity index (χ1n) is 6.20. The number of amides is 4. The van der Waals surface area contributed by atoms with Gasteiger partial charge in [-0.15, -0.1) is 0 Å². The molecule has 0 saturated carbocycles. The lowest BCUT2D eigenvalue weighted by molar-refractivity contribution is -0.901. The molecule has 1 aliphatic rings. The molecule has 1 fully saturated rings. The number of hydrogen-bond donors (Lipinski definition) is 1. The number of carbonyl (C=O) groups is 3. The molecule has 1 saturated heterocycles. The number of quaternary nitrogens is 1. The van der Waals surface area contributed by atoms with Crippen LogP contribution in [0, 0.1) is 0 Å². The van der Waals surface area contributed by atoms with Gasteiger partial charge >= 0.3 is 17.8 Å². The topological polar surface area (TPSA) is 62.1 Å². The number of urea groups is 1. The van der Waals surface area contributed by atoms with E-state index in [0.29, 0.717) is 16.6 Å². The second kappa shape index (κ2) is 6.01. The molecule has 1 aliphatic heterocycles. The van der Waals surface area contributed by atoms with Crippen molar-refractivity contribution in [2.24, 2.45) is 0 Å². The molecule has 6 nitrogen and oxygen atoms in total. The van der Waals surface area contributed by atoms with E-state index < -0.39 is 17.8 Å². The first-order valence-corrected chi connectivity index (χ1v) is 6.95. The maximum absolute atomic E-state index is 11.8. The highest BCUT2D eigenvalue weighted by molar-refractivity contribution is 6.44. The van der Waals surface area contributed by atoms with Crippen molar-refractivity contribution in [1.29, 1.82) is 0 Å². The van der Waals surface area contributed by atoms with Crippen molar-refractivity contribution < 1.29 is 19.3 Å². The summed E-state index contributed by atoms with van der Waals surface area (Å²) in [4.78, 5) is 37.5. The molecule has 112 valence electrons. The first-order chi connectivity index (χ1) is 9.81. The van der Waals surface area contributed by atoms with E-state index in [9.17, 15) is 14.4 Å². The van der Waals surface area contributed by atoms with E-state index in [2.05, 4.69) is 0 Å². The number of benzene rings is 1. The average molecular weight is 331 g/mol. The van der Waals surface area contributed by atoms with Crippen LogP contribution in [0.2, 0.25) is 10.0 Å². The minimum absolute atomic E-state index is 0.105. The van der Waals surface area contributed by atoms with Gasteiger partial charge in [0.15, 0.2) is 6.67 Å². The highest BCUT2D eigenvalue weighted by Crippen LogP contribution is 2.22. The van der Waals surface area contributed by atoms with Crippen molar-refractivity contribution in [1.82, 2.24) is 9.80 Å². The monoisotopic (exact) mass is 330 g/mol. The van der Waals surface area contributed by atoms with Crippen LogP contribution in [0.3, 0.4) is 0 Å². The molecule has 1 heterocycles. The SMILES string of the molecule is CN1C(=O)C(=O)N(C[NH+](C)Cc2ccc(Cl)c(Cl)c2)C1=O. The van der Waals surface area contributed by atoms with Gasteiger partial charge in [0.1, 0.15) is 6.54 Å². The molecular formula is C13H14Cl2N3O3+. The fourth-order valence-electron chi connectivity index (χ4n) is 2.08. The Morgan fingerprint density at radius 3 is 2.29 bits per heavy atom. The Morgan fingerprint density at radius 1 is 1.10 bits per heavy atom. The summed E-state index contributed by atoms with van der Waals surface area (Å²) in [6.45, 7) is 0.639. The van der Waals surface area contributed by atoms with Crippen LogP contribution in [0.25, 0.3) is 0 Å². The summed E-state index contributed by atoms with van der Waals surface area (Å²) in [5.74, 6) is -1.60. The van der Waals surface area contributed by atoms with Gasteiger partial charge < -0.3 is 4.90 Å². The third-order valence-electron chi connectivity index (χ3n) is 3.17. The van der Waals surface area contributed by atoms with Crippen LogP contribution < -0.4 is 4.90 Å². The number of halogens is 2. The Kier molecular flexibility index (Phi) is 4.51. The molecule has 8 heteroatoms. The number of imide groups is 2. The average Bonchev–Trinajstić information content (AvgIpc) is 2.61. The zero-order chi connectivity index (χ0) is 15.7. The fraction of sp³-hybridized carbons (Fsp3) is 0.308. The van der Waals surface area contributed by atoms with Gasteiger partial charge in [0.05, 0.1) is 17.1 Å². The van der Waals surface area contributed by atoms with Crippen molar-refractivity contribution in [2.45, 2.75) is 6.54 Å². The molecule has 4 amide bonds. The summed E-state index contributed by atoms with van der Waals surface area (Å²) in [6, 6.07) is 4.65. The Labute approximate surface area is 131 Å². The standard InChI is InChI=1S/C13H13Cl2N3O3/c1-16(6-8-3-4-9(14)10(15)5-8)7-18-12(20)11(19)17(2)13(18)21/h3-5H,6-7H2,1-2H3/p+1. The van der Waals surface area contributed by atoms with E-state index >= 15 is 0 Å². The van der Waals surface area contributed by atoms with E-state index in [1.807, 2.05) is 13.1 Å². The molecule has 1 unspecified atom stereocenters. The van der Waals surface area contributed by atoms with Gasteiger partial charge in [0, 0.05) is 12.6 Å². The lowest BCUT2D eigenvalue weighted by Crippen LogP contribution is -3.09. The van der Waals surface area contributed by atoms with Crippen LogP contribution in [-0.2, 0) is 16.1 Å². The number of hydrogen-bond acceptors (Lipinski definition) is 3. The van der Waals surface area contributed by atoms with E-state index in [-0.39, 0.29) is 6.67 Å². The molecule has 2 rings (SSSR count). The molecule has 1 aromatic rings. The maximum Gasteiger partial charge on any atom is 0.338 e. The molecule has 1 atom stereocenters. The van der Waals surface area contributed by atoms with Gasteiger partial charge in [-0.1, -0.05) is 29.3 Å². The highest BCUT2D eigenvalue weighted by atomic mass is 35.5. The number of rotatable bonds is 4. The van der Waals surface area contributed by atoms with Crippen molar-refractivity contribution in [2.75, 3.05) is 20.8 Å². The number of nitrogens with zero attached hydrogens (tertiary/aromatic N) is 2. The molecule has 21 heavy (non-hydrogen) atoms. The third kappa shape index (κ3) is 3.18. The number of nitrogens with one attached hydrogen (secondary N) is 1. The Bertz CT molecular complexity index is 621. The molecule has 1 aromatic carbocycles. The highest BCUT2D eigenvalue weighted by Gasteiger charge is 2.43. The lowest BCUT2D eigenvalue weighted by atomic mass is 10.2. The van der Waals surface area contributed by atoms with E-state index in [4.69, 9.17) is 23.2 Å². The largest absolute Gasteiger partial charge is 0.338 e. The Balaban J connectivity index is 2.03. The number of carbonyl (C=O) groups excluding carboxylic acids is 3. The lowest BCUT2D eigenvalue weighted by Gasteiger charge is -2.19. The zero-order valence-electron chi connectivity index (χ0n) is 11.5. The number of likely N-dealkylation sites (N-methyl/N-ethyl adjacent to an activating group) is 1. The van der Waals surface area contributed by atoms with Crippen molar-refractivity contribution >= 4 is 41.0 Å². The van der Waals surface area contributed by atoms with Crippen LogP contribution in [0.1, 0.15) is 5.56 Å². The van der Waals surface area contributed by atoms with E-state index in [0.717, 1.165) is 20.3 Å². The van der Waals surface area contributed by atoms with Gasteiger partial charge in [-0.3, -0.25) is 14.5 Å². The van der Waals surface area contributed by atoms with Crippen LogP contribution in [-0.4, -0.2) is 48.4 Å². The fourth-order valence-corrected chi connectivity index (χ4v) is 2.40. The molecule has 0 aliphatic carbocycles. The van der Waals surface area contributed by atoms with Crippen molar-refractivity contribution in [3.05, 3.63) is 33.8 Å². The predicted molar refractivity (Wildman–Crippen MR) is 76.9 cm³/mol. The van der Waals surface area contributed by atoms with Gasteiger partial charge in [-0.05, 0) is 12.1 Å².